The van der Waals surface area contributed by atoms with Crippen LogP contribution in [0.15, 0.2) is 170 Å². The van der Waals surface area contributed by atoms with Gasteiger partial charge in [0.25, 0.3) is 23.6 Å². The normalized spacial score (nSPS) is 13.9. The maximum absolute atomic E-state index is 15.6. The third-order valence-corrected chi connectivity index (χ3v) is 17.4. The van der Waals surface area contributed by atoms with E-state index in [-0.39, 0.29) is 80.0 Å². The molecule has 11 aromatic rings. The summed E-state index contributed by atoms with van der Waals surface area (Å²) in [4.78, 5) is 65.2. The number of carbonyl (C=O) groups is 4. The van der Waals surface area contributed by atoms with Gasteiger partial charge in [-0.2, -0.15) is 0 Å². The second-order valence-electron chi connectivity index (χ2n) is 27.6. The minimum Gasteiger partial charge on any atom is -0.457 e. The van der Waals surface area contributed by atoms with Gasteiger partial charge in [-0.25, -0.2) is 0 Å². The SMILES string of the molecule is CC(C)(C)c1ccc(Oc2cc3c4c(cc(Oc5ccc(C(C)(C)C)cc5)c5c6c(Oc7ccc(C(C)(C)C)cc7)cc7c8c(cc(Oc9ccc(C(C)(C)C)cc9)c(c2c45)c86)C(=O)N(CCn2cccc2)C7=O)C(=O)N(CCn2cccc2)C3=O)cc1. The second-order valence-corrected chi connectivity index (χ2v) is 27.6. The van der Waals surface area contributed by atoms with Crippen LogP contribution in [0.2, 0.25) is 0 Å². The maximum atomic E-state index is 15.6. The zero-order valence-corrected chi connectivity index (χ0v) is 52.0. The highest BCUT2D eigenvalue weighted by Gasteiger charge is 2.42. The molecule has 4 amide bonds. The number of hydrogen-bond acceptors (Lipinski definition) is 8. The van der Waals surface area contributed by atoms with Crippen LogP contribution in [-0.2, 0) is 34.7 Å². The fraction of sp³-hybridized carbons (Fsp3) is 0.263. The number of rotatable bonds is 14. The van der Waals surface area contributed by atoms with Crippen LogP contribution < -0.4 is 18.9 Å². The number of amides is 4. The molecule has 12 nitrogen and oxygen atoms in total. The molecule has 0 radical (unpaired) electrons. The summed E-state index contributed by atoms with van der Waals surface area (Å²) in [5, 5.41) is 3.51. The molecular formula is C76H72N4O8. The first-order valence-electron chi connectivity index (χ1n) is 30.2. The lowest BCUT2D eigenvalue weighted by atomic mass is 9.80. The van der Waals surface area contributed by atoms with Gasteiger partial charge in [0.15, 0.2) is 0 Å². The summed E-state index contributed by atoms with van der Waals surface area (Å²) in [5.41, 5.74) is 4.61. The molecule has 13 rings (SSSR count). The Morgan fingerprint density at radius 1 is 0.284 bits per heavy atom. The van der Waals surface area contributed by atoms with Gasteiger partial charge in [0.1, 0.15) is 46.0 Å². The number of ether oxygens (including phenoxy) is 4. The van der Waals surface area contributed by atoms with E-state index in [2.05, 4.69) is 83.1 Å². The van der Waals surface area contributed by atoms with Crippen molar-refractivity contribution in [1.82, 2.24) is 18.9 Å². The molecule has 0 spiro atoms. The molecular weight excluding hydrogens is 1100 g/mol. The molecule has 0 aliphatic carbocycles. The van der Waals surface area contributed by atoms with Gasteiger partial charge in [-0.15, -0.1) is 0 Å². The summed E-state index contributed by atoms with van der Waals surface area (Å²) in [6.45, 7) is 26.6. The fourth-order valence-corrected chi connectivity index (χ4v) is 12.4. The topological polar surface area (TPSA) is 122 Å². The van der Waals surface area contributed by atoms with E-state index < -0.39 is 23.6 Å². The van der Waals surface area contributed by atoms with Crippen LogP contribution in [-0.4, -0.2) is 55.7 Å². The van der Waals surface area contributed by atoms with Gasteiger partial charge in [0.2, 0.25) is 0 Å². The van der Waals surface area contributed by atoms with Crippen LogP contribution in [0.4, 0.5) is 0 Å². The van der Waals surface area contributed by atoms with E-state index in [0.29, 0.717) is 79.2 Å². The lowest BCUT2D eigenvalue weighted by Crippen LogP contribution is -2.42. The minimum atomic E-state index is -0.500. The molecule has 444 valence electrons. The number of fused-ring (bicyclic) bond motifs is 2. The molecule has 88 heavy (non-hydrogen) atoms. The largest absolute Gasteiger partial charge is 0.457 e. The standard InChI is InChI=1S/C76H72N4O8/c1-73(2,3)45-17-25-49(26-18-45)85-57-41-53-61-54(70(82)79(69(53)81)39-37-77-33-13-14-34-77)43-59(87-51-29-21-47(22-30-51)75(7,8)9)65-66-60(88-52-31-23-48(24-32-52)76(10,11)12)44-56-62-55(71(83)80(72(56)84)40-38-78-35-15-16-36-78)42-58(64(68(62)66)63(57)67(61)65)86-50-27-19-46(20-28-50)74(4,5)6/h13-36,41-44H,37-40H2,1-12H3. The molecule has 0 bridgehead atoms. The number of benzene rings is 9. The predicted octanol–water partition coefficient (Wildman–Crippen LogP) is 18.3. The Balaban J connectivity index is 1.20. The Labute approximate surface area is 513 Å². The number of aromatic nitrogens is 2. The Morgan fingerprint density at radius 2 is 0.500 bits per heavy atom. The summed E-state index contributed by atoms with van der Waals surface area (Å²) < 4.78 is 32.9. The molecule has 0 fully saturated rings. The molecule has 9 aromatic carbocycles. The first-order chi connectivity index (χ1) is 41.8. The van der Waals surface area contributed by atoms with Gasteiger partial charge in [-0.05, 0) is 141 Å². The lowest BCUT2D eigenvalue weighted by molar-refractivity contribution is 0.0589. The molecule has 0 saturated heterocycles. The van der Waals surface area contributed by atoms with Crippen molar-refractivity contribution in [2.24, 2.45) is 0 Å². The van der Waals surface area contributed by atoms with Gasteiger partial charge in [-0.3, -0.25) is 29.0 Å². The Bertz CT molecular complexity index is 4030. The Morgan fingerprint density at radius 3 is 0.705 bits per heavy atom. The first-order valence-corrected chi connectivity index (χ1v) is 30.2. The van der Waals surface area contributed by atoms with Crippen molar-refractivity contribution in [3.8, 4) is 46.0 Å². The van der Waals surface area contributed by atoms with Crippen LogP contribution in [0.3, 0.4) is 0 Å². The lowest BCUT2D eigenvalue weighted by Gasteiger charge is -2.32. The van der Waals surface area contributed by atoms with Gasteiger partial charge < -0.3 is 28.1 Å². The summed E-state index contributed by atoms with van der Waals surface area (Å²) in [6, 6.07) is 46.2. The number of carbonyl (C=O) groups excluding carboxylic acids is 4. The average molecular weight is 1170 g/mol. The van der Waals surface area contributed by atoms with E-state index in [1.165, 1.54) is 9.80 Å². The van der Waals surface area contributed by atoms with Crippen LogP contribution in [0, 0.1) is 0 Å². The third kappa shape index (κ3) is 10.2. The van der Waals surface area contributed by atoms with Crippen LogP contribution >= 0.6 is 0 Å². The van der Waals surface area contributed by atoms with Crippen LogP contribution in [0.25, 0.3) is 43.1 Å². The van der Waals surface area contributed by atoms with E-state index in [1.54, 1.807) is 24.3 Å². The first kappa shape index (κ1) is 57.4. The molecule has 12 heteroatoms. The average Bonchev–Trinajstić information content (AvgIpc) is 0.836. The van der Waals surface area contributed by atoms with E-state index in [4.69, 9.17) is 18.9 Å². The molecule has 0 unspecified atom stereocenters. The monoisotopic (exact) mass is 1170 g/mol. The van der Waals surface area contributed by atoms with Gasteiger partial charge in [-0.1, -0.05) is 132 Å². The van der Waals surface area contributed by atoms with Crippen molar-refractivity contribution in [1.29, 1.82) is 0 Å². The molecule has 0 saturated carbocycles. The summed E-state index contributed by atoms with van der Waals surface area (Å²) in [6.07, 6.45) is 7.61. The molecule has 0 N–H and O–H groups in total. The fourth-order valence-electron chi connectivity index (χ4n) is 12.4. The second kappa shape index (κ2) is 21.0. The van der Waals surface area contributed by atoms with Crippen LogP contribution in [0.5, 0.6) is 46.0 Å². The Kier molecular flexibility index (Phi) is 13.7. The summed E-state index contributed by atoms with van der Waals surface area (Å²) >= 11 is 0. The van der Waals surface area contributed by atoms with Crippen LogP contribution in [0.1, 0.15) is 147 Å². The van der Waals surface area contributed by atoms with Crippen molar-refractivity contribution < 1.29 is 38.1 Å². The highest BCUT2D eigenvalue weighted by molar-refractivity contribution is 6.44. The van der Waals surface area contributed by atoms with E-state index in [9.17, 15) is 0 Å². The zero-order chi connectivity index (χ0) is 61.9. The van der Waals surface area contributed by atoms with Gasteiger partial charge in [0.05, 0.1) is 22.3 Å². The van der Waals surface area contributed by atoms with Crippen molar-refractivity contribution in [2.45, 2.75) is 118 Å². The van der Waals surface area contributed by atoms with Gasteiger partial charge in [0, 0.05) is 94.1 Å². The van der Waals surface area contributed by atoms with Crippen molar-refractivity contribution in [3.05, 3.63) is 215 Å². The molecule has 2 aliphatic rings. The summed E-state index contributed by atoms with van der Waals surface area (Å²) in [5.74, 6) is 0.969. The quantitative estimate of drug-likeness (QED) is 0.0599. The number of hydrogen-bond donors (Lipinski definition) is 0. The third-order valence-electron chi connectivity index (χ3n) is 17.4. The minimum absolute atomic E-state index is 0.0713. The smallest absolute Gasteiger partial charge is 0.261 e. The number of nitrogens with zero attached hydrogens (tertiary/aromatic N) is 4. The van der Waals surface area contributed by atoms with E-state index >= 15 is 19.2 Å². The van der Waals surface area contributed by atoms with E-state index in [0.717, 1.165) is 22.3 Å². The summed E-state index contributed by atoms with van der Waals surface area (Å²) in [7, 11) is 0. The highest BCUT2D eigenvalue weighted by atomic mass is 16.5. The predicted molar refractivity (Wildman–Crippen MR) is 348 cm³/mol. The highest BCUT2D eigenvalue weighted by Crippen LogP contribution is 2.58. The Hall–Kier alpha value is -9.68. The molecule has 0 atom stereocenters. The van der Waals surface area contributed by atoms with Crippen molar-refractivity contribution >= 4 is 66.7 Å². The zero-order valence-electron chi connectivity index (χ0n) is 52.0. The van der Waals surface area contributed by atoms with Gasteiger partial charge >= 0.3 is 0 Å². The number of imide groups is 2. The maximum Gasteiger partial charge on any atom is 0.261 e. The van der Waals surface area contributed by atoms with Crippen molar-refractivity contribution in [2.75, 3.05) is 13.1 Å². The van der Waals surface area contributed by atoms with Crippen molar-refractivity contribution in [3.63, 3.8) is 0 Å². The molecule has 2 aromatic heterocycles. The molecule has 4 heterocycles. The van der Waals surface area contributed by atoms with E-state index in [1.807, 2.05) is 155 Å². The molecule has 2 aliphatic heterocycles.